The zero-order chi connectivity index (χ0) is 15.5. The molecule has 0 bridgehead atoms. The zero-order valence-corrected chi connectivity index (χ0v) is 12.4. The highest BCUT2D eigenvalue weighted by molar-refractivity contribution is 6.30. The Morgan fingerprint density at radius 1 is 0.652 bits per heavy atom. The van der Waals surface area contributed by atoms with Crippen LogP contribution in [0.2, 0.25) is 0 Å². The quantitative estimate of drug-likeness (QED) is 0.507. The molecular weight excluding hydrogens is 291 g/mol. The van der Waals surface area contributed by atoms with Crippen molar-refractivity contribution in [1.82, 2.24) is 39.3 Å². The van der Waals surface area contributed by atoms with Gasteiger partial charge in [-0.05, 0) is 24.5 Å². The van der Waals surface area contributed by atoms with Gasteiger partial charge in [0.25, 0.3) is 0 Å². The van der Waals surface area contributed by atoms with Crippen LogP contribution in [0.15, 0.2) is 61.7 Å². The van der Waals surface area contributed by atoms with Gasteiger partial charge >= 0.3 is 0 Å². The smallest absolute Gasteiger partial charge is 0.198 e. The molecule has 4 aromatic heterocycles. The van der Waals surface area contributed by atoms with E-state index in [1.54, 1.807) is 37.2 Å². The Hall–Kier alpha value is -3.36. The Labute approximate surface area is 132 Å². The van der Waals surface area contributed by atoms with Gasteiger partial charge in [-0.2, -0.15) is 0 Å². The summed E-state index contributed by atoms with van der Waals surface area (Å²) in [5.74, 6) is 0. The summed E-state index contributed by atoms with van der Waals surface area (Å²) in [7, 11) is -0.749. The molecule has 23 heavy (non-hydrogen) atoms. The third-order valence-corrected chi connectivity index (χ3v) is 3.49. The van der Waals surface area contributed by atoms with Crippen LogP contribution in [0.3, 0.4) is 0 Å². The third kappa shape index (κ3) is 2.84. The maximum absolute atomic E-state index is 4.54. The Morgan fingerprint density at radius 2 is 1.17 bits per heavy atom. The average Bonchev–Trinajstić information content (AvgIpc) is 3.27. The highest BCUT2D eigenvalue weighted by Gasteiger charge is 2.03. The van der Waals surface area contributed by atoms with Gasteiger partial charge in [-0.3, -0.25) is 19.9 Å². The lowest BCUT2D eigenvalue weighted by atomic mass is 10.2. The van der Waals surface area contributed by atoms with E-state index in [0.717, 1.165) is 22.8 Å². The summed E-state index contributed by atoms with van der Waals surface area (Å²) in [4.78, 5) is 16.6. The molecular formula is C14H12BN8-. The second-order valence-corrected chi connectivity index (χ2v) is 5.13. The van der Waals surface area contributed by atoms with Crippen molar-refractivity contribution < 1.29 is 0 Å². The van der Waals surface area contributed by atoms with Crippen LogP contribution in [-0.4, -0.2) is 46.9 Å². The first-order chi connectivity index (χ1) is 11.4. The molecule has 0 unspecified atom stereocenters. The highest BCUT2D eigenvalue weighted by Crippen LogP contribution is 2.13. The fourth-order valence-corrected chi connectivity index (χ4v) is 2.40. The van der Waals surface area contributed by atoms with Crippen molar-refractivity contribution in [3.05, 3.63) is 61.7 Å². The predicted octanol–water partition coefficient (Wildman–Crippen LogP) is 0.389. The molecule has 0 saturated heterocycles. The molecule has 0 amide bonds. The van der Waals surface area contributed by atoms with E-state index in [0.29, 0.717) is 0 Å². The molecule has 0 aliphatic carbocycles. The molecule has 0 fully saturated rings. The van der Waals surface area contributed by atoms with E-state index in [2.05, 4.69) is 30.1 Å². The van der Waals surface area contributed by atoms with Gasteiger partial charge in [-0.15, -0.1) is 0 Å². The molecule has 0 spiro atoms. The van der Waals surface area contributed by atoms with Gasteiger partial charge in [0.2, 0.25) is 0 Å². The Kier molecular flexibility index (Phi) is 3.36. The van der Waals surface area contributed by atoms with Crippen LogP contribution < -0.4 is 0 Å². The highest BCUT2D eigenvalue weighted by atomic mass is 15.3. The van der Waals surface area contributed by atoms with Crippen LogP contribution in [0, 0.1) is 0 Å². The van der Waals surface area contributed by atoms with E-state index in [1.807, 2.05) is 33.7 Å². The molecule has 0 aliphatic rings. The summed E-state index contributed by atoms with van der Waals surface area (Å²) in [5.41, 5.74) is 3.14. The molecule has 0 radical (unpaired) electrons. The second kappa shape index (κ2) is 5.80. The van der Waals surface area contributed by atoms with Gasteiger partial charge in [-0.25, -0.2) is 10.2 Å². The topological polar surface area (TPSA) is 87.2 Å². The van der Waals surface area contributed by atoms with Crippen molar-refractivity contribution in [3.8, 4) is 22.8 Å². The van der Waals surface area contributed by atoms with Crippen molar-refractivity contribution in [1.29, 1.82) is 0 Å². The first-order valence-electron chi connectivity index (χ1n) is 7.24. The number of hydrogen-bond donors (Lipinski definition) is 0. The summed E-state index contributed by atoms with van der Waals surface area (Å²) in [5, 5.41) is 9.08. The molecule has 4 rings (SSSR count). The summed E-state index contributed by atoms with van der Waals surface area (Å²) in [6.07, 6.45) is 13.9. The van der Waals surface area contributed by atoms with Gasteiger partial charge in [0.1, 0.15) is 22.8 Å². The summed E-state index contributed by atoms with van der Waals surface area (Å²) >= 11 is 0. The first-order valence-corrected chi connectivity index (χ1v) is 7.24. The molecule has 0 aliphatic heterocycles. The molecule has 112 valence electrons. The van der Waals surface area contributed by atoms with Crippen LogP contribution in [0.4, 0.5) is 0 Å². The predicted molar refractivity (Wildman–Crippen MR) is 85.8 cm³/mol. The lowest BCUT2D eigenvalue weighted by molar-refractivity contribution is 0.885. The third-order valence-electron chi connectivity index (χ3n) is 3.49. The fraction of sp³-hybridized carbons (Fsp3) is 0. The number of aromatic nitrogens is 8. The lowest BCUT2D eigenvalue weighted by Gasteiger charge is -2.09. The summed E-state index contributed by atoms with van der Waals surface area (Å²) in [6, 6.07) is 3.86. The molecule has 0 atom stereocenters. The van der Waals surface area contributed by atoms with E-state index in [-0.39, 0.29) is 0 Å². The molecule has 9 heteroatoms. The lowest BCUT2D eigenvalue weighted by Crippen LogP contribution is -2.17. The minimum atomic E-state index is -0.749. The first kappa shape index (κ1) is 13.3. The van der Waals surface area contributed by atoms with Gasteiger partial charge in [0, 0.05) is 24.8 Å². The van der Waals surface area contributed by atoms with Crippen molar-refractivity contribution in [2.45, 2.75) is 0 Å². The molecule has 8 nitrogen and oxygen atoms in total. The summed E-state index contributed by atoms with van der Waals surface area (Å²) in [6.45, 7) is 0. The van der Waals surface area contributed by atoms with E-state index >= 15 is 0 Å². The van der Waals surface area contributed by atoms with Gasteiger partial charge in [-0.1, -0.05) is 0 Å². The monoisotopic (exact) mass is 303 g/mol. The molecule has 4 aromatic rings. The zero-order valence-electron chi connectivity index (χ0n) is 12.4. The van der Waals surface area contributed by atoms with Crippen molar-refractivity contribution in [2.24, 2.45) is 0 Å². The maximum atomic E-state index is 4.54. The summed E-state index contributed by atoms with van der Waals surface area (Å²) < 4.78 is 3.83. The number of rotatable bonds is 4. The largest absolute Gasteiger partial charge is 0.428 e. The molecule has 4 heterocycles. The minimum Gasteiger partial charge on any atom is -0.428 e. The standard InChI is InChI=1S/C14H12BN8/c1-7-22(20-11(1)13-9-16-3-5-18-13)15-23-8-2-12(21-23)14-10-17-4-6-19-14/h1-10H,15H2/q-1. The van der Waals surface area contributed by atoms with Crippen LogP contribution in [-0.2, 0) is 0 Å². The normalized spacial score (nSPS) is 10.8. The van der Waals surface area contributed by atoms with E-state index < -0.39 is 7.55 Å². The van der Waals surface area contributed by atoms with Crippen LogP contribution in [0.25, 0.3) is 22.8 Å². The van der Waals surface area contributed by atoms with Crippen LogP contribution >= 0.6 is 0 Å². The van der Waals surface area contributed by atoms with E-state index in [1.165, 1.54) is 0 Å². The van der Waals surface area contributed by atoms with Gasteiger partial charge in [0.15, 0.2) is 7.55 Å². The van der Waals surface area contributed by atoms with E-state index in [9.17, 15) is 0 Å². The number of nitrogens with zero attached hydrogens (tertiary/aromatic N) is 8. The second-order valence-electron chi connectivity index (χ2n) is 5.13. The van der Waals surface area contributed by atoms with Gasteiger partial charge < -0.3 is 9.19 Å². The molecule has 0 N–H and O–H groups in total. The SMILES string of the molecule is [BH2-](n1ccc(-c2cnccn2)n1)n1ccc(-c2cnccn2)n1. The molecule has 0 aromatic carbocycles. The Balaban J connectivity index is 1.53. The van der Waals surface area contributed by atoms with Crippen LogP contribution in [0.1, 0.15) is 0 Å². The van der Waals surface area contributed by atoms with Crippen molar-refractivity contribution in [3.63, 3.8) is 0 Å². The number of hydrogen-bond acceptors (Lipinski definition) is 6. The van der Waals surface area contributed by atoms with Crippen molar-refractivity contribution >= 4 is 7.55 Å². The average molecular weight is 303 g/mol. The Bertz CT molecular complexity index is 827. The van der Waals surface area contributed by atoms with Gasteiger partial charge in [0.05, 0.1) is 12.4 Å². The Morgan fingerprint density at radius 3 is 1.61 bits per heavy atom. The fourth-order valence-electron chi connectivity index (χ4n) is 2.40. The van der Waals surface area contributed by atoms with Crippen molar-refractivity contribution in [2.75, 3.05) is 0 Å². The molecule has 0 saturated carbocycles. The van der Waals surface area contributed by atoms with Crippen LogP contribution in [0.5, 0.6) is 0 Å². The minimum absolute atomic E-state index is 0.749. The van der Waals surface area contributed by atoms with E-state index in [4.69, 9.17) is 0 Å². The maximum Gasteiger partial charge on any atom is 0.198 e.